The average Bonchev–Trinajstić information content (AvgIpc) is 2.83. The van der Waals surface area contributed by atoms with Crippen molar-refractivity contribution in [2.24, 2.45) is 0 Å². The van der Waals surface area contributed by atoms with Crippen LogP contribution in [0.2, 0.25) is 0 Å². The van der Waals surface area contributed by atoms with Gasteiger partial charge < -0.3 is 15.2 Å². The van der Waals surface area contributed by atoms with Gasteiger partial charge in [0.2, 0.25) is 5.91 Å². The summed E-state index contributed by atoms with van der Waals surface area (Å²) in [7, 11) is 1.67. The van der Waals surface area contributed by atoms with Crippen LogP contribution in [-0.4, -0.2) is 29.1 Å². The zero-order valence-electron chi connectivity index (χ0n) is 12.1. The fourth-order valence-corrected chi connectivity index (χ4v) is 2.30. The van der Waals surface area contributed by atoms with Gasteiger partial charge in [0, 0.05) is 44.3 Å². The van der Waals surface area contributed by atoms with E-state index >= 15 is 0 Å². The Labute approximate surface area is 119 Å². The molecular weight excluding hydrogens is 252 g/mol. The number of amides is 1. The lowest BCUT2D eigenvalue weighted by atomic mass is 10.2. The van der Waals surface area contributed by atoms with Crippen LogP contribution in [0, 0.1) is 0 Å². The van der Waals surface area contributed by atoms with Crippen molar-refractivity contribution in [1.29, 1.82) is 0 Å². The number of nitrogens with zero attached hydrogens (tertiary/aromatic N) is 2. The van der Waals surface area contributed by atoms with Gasteiger partial charge in [0.15, 0.2) is 0 Å². The number of rotatable bonds is 7. The molecule has 20 heavy (non-hydrogen) atoms. The minimum atomic E-state index is 0.0855. The van der Waals surface area contributed by atoms with E-state index in [0.29, 0.717) is 6.42 Å². The Morgan fingerprint density at radius 2 is 2.30 bits per heavy atom. The SMILES string of the molecule is CCNCc1cn(CCCC(=O)NC)c2ncccc12. The predicted octanol–water partition coefficient (Wildman–Crippen LogP) is 1.67. The van der Waals surface area contributed by atoms with Gasteiger partial charge in [0.05, 0.1) is 0 Å². The van der Waals surface area contributed by atoms with E-state index in [1.807, 2.05) is 12.3 Å². The third-order valence-electron chi connectivity index (χ3n) is 3.36. The lowest BCUT2D eigenvalue weighted by Crippen LogP contribution is -2.17. The molecule has 2 rings (SSSR count). The summed E-state index contributed by atoms with van der Waals surface area (Å²) >= 11 is 0. The van der Waals surface area contributed by atoms with E-state index in [-0.39, 0.29) is 5.91 Å². The number of hydrogen-bond donors (Lipinski definition) is 2. The second-order valence-corrected chi connectivity index (χ2v) is 4.78. The van der Waals surface area contributed by atoms with E-state index in [1.165, 1.54) is 10.9 Å². The van der Waals surface area contributed by atoms with Crippen LogP contribution in [0.25, 0.3) is 11.0 Å². The van der Waals surface area contributed by atoms with Crippen LogP contribution in [0.4, 0.5) is 0 Å². The molecule has 108 valence electrons. The molecule has 2 aromatic rings. The Morgan fingerprint density at radius 3 is 3.05 bits per heavy atom. The molecule has 0 bridgehead atoms. The molecule has 0 spiro atoms. The Kier molecular flexibility index (Phi) is 5.12. The van der Waals surface area contributed by atoms with Crippen LogP contribution in [-0.2, 0) is 17.9 Å². The van der Waals surface area contributed by atoms with Crippen LogP contribution in [0.5, 0.6) is 0 Å². The van der Waals surface area contributed by atoms with Crippen LogP contribution < -0.4 is 10.6 Å². The van der Waals surface area contributed by atoms with Crippen molar-refractivity contribution < 1.29 is 4.79 Å². The Balaban J connectivity index is 2.13. The molecule has 0 aliphatic rings. The van der Waals surface area contributed by atoms with Gasteiger partial charge in [-0.3, -0.25) is 4.79 Å². The molecule has 0 saturated carbocycles. The molecule has 2 aromatic heterocycles. The normalized spacial score (nSPS) is 10.9. The molecule has 0 aliphatic carbocycles. The Hall–Kier alpha value is -1.88. The van der Waals surface area contributed by atoms with Crippen molar-refractivity contribution in [2.45, 2.75) is 32.9 Å². The fourth-order valence-electron chi connectivity index (χ4n) is 2.30. The summed E-state index contributed by atoms with van der Waals surface area (Å²) in [4.78, 5) is 15.7. The van der Waals surface area contributed by atoms with Crippen LogP contribution in [0.3, 0.4) is 0 Å². The topological polar surface area (TPSA) is 59.0 Å². The smallest absolute Gasteiger partial charge is 0.219 e. The summed E-state index contributed by atoms with van der Waals surface area (Å²) in [5, 5.41) is 7.18. The fraction of sp³-hybridized carbons (Fsp3) is 0.467. The maximum atomic E-state index is 11.3. The van der Waals surface area contributed by atoms with Crippen LogP contribution in [0.15, 0.2) is 24.5 Å². The lowest BCUT2D eigenvalue weighted by Gasteiger charge is -2.03. The lowest BCUT2D eigenvalue weighted by molar-refractivity contribution is -0.120. The maximum Gasteiger partial charge on any atom is 0.219 e. The quantitative estimate of drug-likeness (QED) is 0.807. The van der Waals surface area contributed by atoms with Crippen molar-refractivity contribution in [1.82, 2.24) is 20.2 Å². The molecule has 0 fully saturated rings. The van der Waals surface area contributed by atoms with Gasteiger partial charge >= 0.3 is 0 Å². The number of pyridine rings is 1. The minimum Gasteiger partial charge on any atom is -0.359 e. The number of nitrogens with one attached hydrogen (secondary N) is 2. The number of aromatic nitrogens is 2. The van der Waals surface area contributed by atoms with Crippen molar-refractivity contribution >= 4 is 16.9 Å². The van der Waals surface area contributed by atoms with Crippen molar-refractivity contribution in [3.63, 3.8) is 0 Å². The van der Waals surface area contributed by atoms with Gasteiger partial charge in [-0.2, -0.15) is 0 Å². The Morgan fingerprint density at radius 1 is 1.45 bits per heavy atom. The largest absolute Gasteiger partial charge is 0.359 e. The highest BCUT2D eigenvalue weighted by Gasteiger charge is 2.09. The molecule has 0 atom stereocenters. The van der Waals surface area contributed by atoms with E-state index in [9.17, 15) is 4.79 Å². The summed E-state index contributed by atoms with van der Waals surface area (Å²) in [6.45, 7) is 4.71. The average molecular weight is 274 g/mol. The molecule has 2 heterocycles. The number of fused-ring (bicyclic) bond motifs is 1. The molecule has 0 aromatic carbocycles. The van der Waals surface area contributed by atoms with Crippen LogP contribution in [0.1, 0.15) is 25.3 Å². The van der Waals surface area contributed by atoms with E-state index in [1.54, 1.807) is 7.05 Å². The molecular formula is C15H22N4O. The molecule has 0 saturated heterocycles. The number of carbonyl (C=O) groups is 1. The summed E-state index contributed by atoms with van der Waals surface area (Å²) in [5.41, 5.74) is 2.26. The molecule has 0 aliphatic heterocycles. The highest BCUT2D eigenvalue weighted by Crippen LogP contribution is 2.19. The highest BCUT2D eigenvalue weighted by molar-refractivity contribution is 5.80. The first kappa shape index (κ1) is 14.5. The van der Waals surface area contributed by atoms with Crippen molar-refractivity contribution in [3.8, 4) is 0 Å². The molecule has 0 unspecified atom stereocenters. The van der Waals surface area contributed by atoms with Gasteiger partial charge in [-0.05, 0) is 30.7 Å². The standard InChI is InChI=1S/C15H22N4O/c1-3-17-10-12-11-19(9-5-7-14(20)16-2)15-13(12)6-4-8-18-15/h4,6,8,11,17H,3,5,7,9-10H2,1-2H3,(H,16,20). The van der Waals surface area contributed by atoms with E-state index in [4.69, 9.17) is 0 Å². The van der Waals surface area contributed by atoms with Gasteiger partial charge in [-0.15, -0.1) is 0 Å². The second kappa shape index (κ2) is 7.05. The zero-order valence-corrected chi connectivity index (χ0v) is 12.1. The first-order valence-electron chi connectivity index (χ1n) is 7.10. The molecule has 5 nitrogen and oxygen atoms in total. The van der Waals surface area contributed by atoms with Crippen LogP contribution >= 0.6 is 0 Å². The monoisotopic (exact) mass is 274 g/mol. The third kappa shape index (κ3) is 3.36. The summed E-state index contributed by atoms with van der Waals surface area (Å²) < 4.78 is 2.14. The number of carbonyl (C=O) groups excluding carboxylic acids is 1. The number of hydrogen-bond acceptors (Lipinski definition) is 3. The van der Waals surface area contributed by atoms with Gasteiger partial charge in [-0.25, -0.2) is 4.98 Å². The van der Waals surface area contributed by atoms with E-state index < -0.39 is 0 Å². The van der Waals surface area contributed by atoms with E-state index in [0.717, 1.165) is 31.7 Å². The zero-order chi connectivity index (χ0) is 14.4. The summed E-state index contributed by atoms with van der Waals surface area (Å²) in [6.07, 6.45) is 5.32. The molecule has 0 radical (unpaired) electrons. The van der Waals surface area contributed by atoms with Crippen molar-refractivity contribution in [3.05, 3.63) is 30.1 Å². The van der Waals surface area contributed by atoms with Gasteiger partial charge in [0.25, 0.3) is 0 Å². The predicted molar refractivity (Wildman–Crippen MR) is 80.4 cm³/mol. The summed E-state index contributed by atoms with van der Waals surface area (Å²) in [5.74, 6) is 0.0855. The van der Waals surface area contributed by atoms with Crippen molar-refractivity contribution in [2.75, 3.05) is 13.6 Å². The van der Waals surface area contributed by atoms with Gasteiger partial charge in [0.1, 0.15) is 5.65 Å². The summed E-state index contributed by atoms with van der Waals surface area (Å²) in [6, 6.07) is 4.07. The van der Waals surface area contributed by atoms with Gasteiger partial charge in [-0.1, -0.05) is 6.92 Å². The first-order valence-corrected chi connectivity index (χ1v) is 7.10. The molecule has 5 heteroatoms. The third-order valence-corrected chi connectivity index (χ3v) is 3.36. The second-order valence-electron chi connectivity index (χ2n) is 4.78. The Bertz CT molecular complexity index is 576. The molecule has 2 N–H and O–H groups in total. The minimum absolute atomic E-state index is 0.0855. The van der Waals surface area contributed by atoms with E-state index in [2.05, 4.69) is 39.4 Å². The highest BCUT2D eigenvalue weighted by atomic mass is 16.1. The molecule has 1 amide bonds. The maximum absolute atomic E-state index is 11.3. The first-order chi connectivity index (χ1) is 9.76. The number of aryl methyl sites for hydroxylation is 1.